The summed E-state index contributed by atoms with van der Waals surface area (Å²) in [6.45, 7) is 14.2. The van der Waals surface area contributed by atoms with Gasteiger partial charge in [-0.1, -0.05) is 81.1 Å². The number of rotatable bonds is 18. The van der Waals surface area contributed by atoms with Crippen LogP contribution in [0.15, 0.2) is 116 Å². The number of carbonyl (C=O) groups excluding carboxylic acids is 2. The maximum atomic E-state index is 14.2. The highest BCUT2D eigenvalue weighted by Crippen LogP contribution is 2.56. The highest BCUT2D eigenvalue weighted by Gasteiger charge is 2.45. The SMILES string of the molecule is C=Cc1c(C)c2cc3nc(c(CC(=O)NCCNC(=O)CCC[P+](c4ccccc4)(c4ccccc4)c4ccccc4)c4nc(cc5[nH]c(cc1[nH]2)c(C)c5CC)C(C)=C4C(=O)O)C(CCC(=O)O)C3C. The normalized spacial score (nSPS) is 14.5. The van der Waals surface area contributed by atoms with Crippen LogP contribution in [0, 0.1) is 13.8 Å². The predicted octanol–water partition coefficient (Wildman–Crippen LogP) is 9.45. The number of aryl methyl sites for hydroxylation is 3. The number of nitrogens with zero attached hydrogens (tertiary/aromatic N) is 2. The highest BCUT2D eigenvalue weighted by atomic mass is 31.2. The van der Waals surface area contributed by atoms with Crippen LogP contribution in [-0.2, 0) is 32.0 Å². The van der Waals surface area contributed by atoms with E-state index in [-0.39, 0.29) is 55.4 Å². The minimum Gasteiger partial charge on any atom is -0.481 e. The van der Waals surface area contributed by atoms with Gasteiger partial charge < -0.3 is 30.8 Å². The van der Waals surface area contributed by atoms with Gasteiger partial charge >= 0.3 is 11.9 Å². The van der Waals surface area contributed by atoms with Crippen molar-refractivity contribution in [2.75, 3.05) is 19.3 Å². The van der Waals surface area contributed by atoms with E-state index in [2.05, 4.69) is 120 Å². The van der Waals surface area contributed by atoms with Gasteiger partial charge in [0.15, 0.2) is 0 Å². The average molecular weight is 970 g/mol. The van der Waals surface area contributed by atoms with Crippen molar-refractivity contribution >= 4 is 86.2 Å². The average Bonchev–Trinajstić information content (AvgIpc) is 4.06. The van der Waals surface area contributed by atoms with E-state index in [4.69, 9.17) is 9.97 Å². The zero-order chi connectivity index (χ0) is 50.4. The molecule has 2 amide bonds. The lowest BCUT2D eigenvalue weighted by molar-refractivity contribution is -0.137. The molecular weight excluding hydrogens is 908 g/mol. The molecule has 2 aliphatic rings. The fraction of sp³-hybridized carbons (Fsp3) is 0.276. The van der Waals surface area contributed by atoms with Crippen LogP contribution in [0.25, 0.3) is 39.3 Å². The second-order valence-electron chi connectivity index (χ2n) is 18.4. The number of hydrogen-bond donors (Lipinski definition) is 6. The third kappa shape index (κ3) is 10.3. The molecule has 2 unspecified atom stereocenters. The lowest BCUT2D eigenvalue weighted by Crippen LogP contribution is -2.36. The van der Waals surface area contributed by atoms with Gasteiger partial charge in [-0.25, -0.2) is 9.78 Å². The monoisotopic (exact) mass is 969 g/mol. The molecule has 6 N–H and O–H groups in total. The summed E-state index contributed by atoms with van der Waals surface area (Å²) in [5.41, 5.74) is 9.62. The van der Waals surface area contributed by atoms with Crippen LogP contribution < -0.4 is 26.5 Å². The Balaban J connectivity index is 1.11. The molecule has 13 heteroatoms. The molecule has 71 heavy (non-hydrogen) atoms. The second-order valence-corrected chi connectivity index (χ2v) is 22.1. The van der Waals surface area contributed by atoms with Crippen molar-refractivity contribution in [3.8, 4) is 0 Å². The quantitative estimate of drug-likeness (QED) is 0.0363. The summed E-state index contributed by atoms with van der Waals surface area (Å²) in [5.74, 6) is -3.51. The molecule has 5 heterocycles. The third-order valence-corrected chi connectivity index (χ3v) is 18.7. The predicted molar refractivity (Wildman–Crippen MR) is 287 cm³/mol. The molecule has 3 aromatic heterocycles. The standard InChI is InChI=1S/C58H61N6O6P/c1-7-42-35(3)46-32-48-37(5)44(26-27-54(67)68)56(63-48)45(57-55(58(69)70)38(6)49(64-57)34-51-43(8-2)36(4)47(62-51)33-50(42)61-46)31-53(66)60-29-28-59-52(65)25-18-30-71(39-19-12-9-13-20-39,40-21-14-10-15-22-40)41-23-16-11-17-24-41/h7,9-17,19-24,32-34,37,44H,1,8,18,25-31H2,2-6H3,(H5-,59,60,61,62,63,64,65,66,67,68,69,70)/p+1. The van der Waals surface area contributed by atoms with Crippen LogP contribution in [0.1, 0.15) is 109 Å². The number of allylic oxidation sites excluding steroid dienone is 1. The van der Waals surface area contributed by atoms with Crippen LogP contribution in [-0.4, -0.2) is 73.2 Å². The Morgan fingerprint density at radius 2 is 1.30 bits per heavy atom. The van der Waals surface area contributed by atoms with E-state index < -0.39 is 31.0 Å². The lowest BCUT2D eigenvalue weighted by Gasteiger charge is -2.27. The minimum atomic E-state index is -2.11. The maximum Gasteiger partial charge on any atom is 0.338 e. The van der Waals surface area contributed by atoms with Gasteiger partial charge in [0.25, 0.3) is 0 Å². The molecule has 364 valence electrons. The Labute approximate surface area is 415 Å². The number of carboxylic acids is 2. The van der Waals surface area contributed by atoms with Gasteiger partial charge in [-0.15, -0.1) is 0 Å². The summed E-state index contributed by atoms with van der Waals surface area (Å²) in [4.78, 5) is 70.4. The van der Waals surface area contributed by atoms with Gasteiger partial charge in [0.2, 0.25) is 11.8 Å². The van der Waals surface area contributed by atoms with E-state index in [0.717, 1.165) is 50.5 Å². The van der Waals surface area contributed by atoms with E-state index in [1.54, 1.807) is 6.92 Å². The van der Waals surface area contributed by atoms with Crippen LogP contribution >= 0.6 is 7.26 Å². The number of carboxylic acid groups (broad SMARTS) is 2. The maximum absolute atomic E-state index is 14.2. The molecule has 8 bridgehead atoms. The van der Waals surface area contributed by atoms with Crippen LogP contribution in [0.5, 0.6) is 0 Å². The number of aliphatic carboxylic acids is 2. The molecule has 0 radical (unpaired) electrons. The molecule has 6 aromatic rings. The van der Waals surface area contributed by atoms with Gasteiger partial charge in [0.1, 0.15) is 23.2 Å². The largest absolute Gasteiger partial charge is 0.481 e. The molecule has 3 aromatic carbocycles. The molecule has 0 saturated heterocycles. The van der Waals surface area contributed by atoms with E-state index >= 15 is 0 Å². The molecule has 2 atom stereocenters. The van der Waals surface area contributed by atoms with E-state index in [0.29, 0.717) is 47.5 Å². The van der Waals surface area contributed by atoms with Crippen LogP contribution in [0.2, 0.25) is 0 Å². The van der Waals surface area contributed by atoms with Crippen molar-refractivity contribution in [1.82, 2.24) is 30.6 Å². The van der Waals surface area contributed by atoms with Crippen molar-refractivity contribution in [2.45, 2.75) is 85.0 Å². The number of carbonyl (C=O) groups is 4. The summed E-state index contributed by atoms with van der Waals surface area (Å²) >= 11 is 0. The van der Waals surface area contributed by atoms with Crippen molar-refractivity contribution in [2.24, 2.45) is 0 Å². The second kappa shape index (κ2) is 21.7. The first-order valence-corrected chi connectivity index (χ1v) is 26.4. The number of H-pyrrole nitrogens is 2. The molecule has 0 saturated carbocycles. The molecule has 8 rings (SSSR count). The summed E-state index contributed by atoms with van der Waals surface area (Å²) in [6.07, 6.45) is 3.99. The van der Waals surface area contributed by atoms with Crippen molar-refractivity contribution in [3.05, 3.63) is 166 Å². The first-order valence-electron chi connectivity index (χ1n) is 24.4. The van der Waals surface area contributed by atoms with Crippen LogP contribution in [0.3, 0.4) is 0 Å². The zero-order valence-electron chi connectivity index (χ0n) is 41.1. The Hall–Kier alpha value is -7.43. The van der Waals surface area contributed by atoms with E-state index in [9.17, 15) is 29.4 Å². The molecule has 0 fully saturated rings. The number of nitrogens with one attached hydrogen (secondary N) is 4. The first kappa shape index (κ1) is 50.0. The molecule has 0 aliphatic carbocycles. The smallest absolute Gasteiger partial charge is 0.338 e. The number of aromatic nitrogens is 4. The van der Waals surface area contributed by atoms with Gasteiger partial charge in [0.05, 0.1) is 35.2 Å². The Bertz CT molecular complexity index is 3120. The summed E-state index contributed by atoms with van der Waals surface area (Å²) < 4.78 is 0. The van der Waals surface area contributed by atoms with E-state index in [1.165, 1.54) is 15.9 Å². The molecule has 2 aliphatic heterocycles. The van der Waals surface area contributed by atoms with Crippen molar-refractivity contribution in [3.63, 3.8) is 0 Å². The number of aromatic amines is 2. The molecule has 12 nitrogen and oxygen atoms in total. The summed E-state index contributed by atoms with van der Waals surface area (Å²) in [7, 11) is -2.11. The molecular formula is C58H62N6O6P+. The van der Waals surface area contributed by atoms with Crippen molar-refractivity contribution < 1.29 is 29.4 Å². The lowest BCUT2D eigenvalue weighted by atomic mass is 9.84. The Kier molecular flexibility index (Phi) is 15.3. The van der Waals surface area contributed by atoms with Gasteiger partial charge in [-0.3, -0.25) is 19.4 Å². The highest BCUT2D eigenvalue weighted by molar-refractivity contribution is 7.95. The van der Waals surface area contributed by atoms with Crippen LogP contribution in [0.4, 0.5) is 0 Å². The zero-order valence-corrected chi connectivity index (χ0v) is 42.0. The Morgan fingerprint density at radius 1 is 0.718 bits per heavy atom. The Morgan fingerprint density at radius 3 is 1.86 bits per heavy atom. The van der Waals surface area contributed by atoms with Crippen molar-refractivity contribution in [1.29, 1.82) is 0 Å². The number of fused-ring (bicyclic) bond motifs is 8. The number of hydrogen-bond acceptors (Lipinski definition) is 6. The van der Waals surface area contributed by atoms with Gasteiger partial charge in [-0.2, -0.15) is 0 Å². The van der Waals surface area contributed by atoms with Gasteiger partial charge in [0, 0.05) is 76.7 Å². The number of amides is 2. The van der Waals surface area contributed by atoms with Gasteiger partial charge in [-0.05, 0) is 117 Å². The number of benzene rings is 3. The fourth-order valence-corrected chi connectivity index (χ4v) is 14.8. The topological polar surface area (TPSA) is 190 Å². The van der Waals surface area contributed by atoms with E-state index in [1.807, 2.05) is 50.3 Å². The molecule has 0 spiro atoms. The summed E-state index contributed by atoms with van der Waals surface area (Å²) in [5, 5.41) is 30.5. The fourth-order valence-electron chi connectivity index (χ4n) is 10.4. The summed E-state index contributed by atoms with van der Waals surface area (Å²) in [6, 6.07) is 37.5. The minimum absolute atomic E-state index is 0.0492. The third-order valence-electron chi connectivity index (χ3n) is 14.2. The first-order chi connectivity index (χ1) is 34.2.